The average Bonchev–Trinajstić information content (AvgIpc) is 2.57. The van der Waals surface area contributed by atoms with Crippen LogP contribution < -0.4 is 0 Å². The van der Waals surface area contributed by atoms with Crippen LogP contribution in [0, 0.1) is 24.7 Å². The highest BCUT2D eigenvalue weighted by atomic mass is 17.1. The molecule has 22 heavy (non-hydrogen) atoms. The van der Waals surface area contributed by atoms with E-state index in [-0.39, 0.29) is 0 Å². The van der Waals surface area contributed by atoms with Gasteiger partial charge in [0, 0.05) is 0 Å². The predicted octanol–water partition coefficient (Wildman–Crippen LogP) is 5.56. The van der Waals surface area contributed by atoms with Crippen LogP contribution in [0.5, 0.6) is 0 Å². The monoisotopic (exact) mass is 302 g/mol. The normalized spacial score (nSPS) is 32.8. The minimum atomic E-state index is 0.535. The minimum absolute atomic E-state index is 0.535. The van der Waals surface area contributed by atoms with E-state index < -0.39 is 0 Å². The van der Waals surface area contributed by atoms with Crippen molar-refractivity contribution >= 4 is 0 Å². The summed E-state index contributed by atoms with van der Waals surface area (Å²) < 4.78 is 0. The zero-order chi connectivity index (χ0) is 15.4. The molecule has 0 aromatic heterocycles. The van der Waals surface area contributed by atoms with Crippen LogP contribution in [0.2, 0.25) is 0 Å². The van der Waals surface area contributed by atoms with E-state index >= 15 is 0 Å². The molecule has 0 amide bonds. The van der Waals surface area contributed by atoms with Crippen LogP contribution in [-0.4, -0.2) is 11.9 Å². The lowest BCUT2D eigenvalue weighted by Gasteiger charge is -2.37. The summed E-state index contributed by atoms with van der Waals surface area (Å²) in [7, 11) is 0. The molecule has 3 rings (SSSR count). The summed E-state index contributed by atoms with van der Waals surface area (Å²) in [5, 5.41) is 8.59. The van der Waals surface area contributed by atoms with Gasteiger partial charge in [0.25, 0.3) is 0 Å². The van der Waals surface area contributed by atoms with Crippen LogP contribution >= 0.6 is 0 Å². The fourth-order valence-electron chi connectivity index (χ4n) is 4.69. The van der Waals surface area contributed by atoms with Crippen molar-refractivity contribution in [2.24, 2.45) is 17.8 Å². The van der Waals surface area contributed by atoms with Crippen molar-refractivity contribution in [1.82, 2.24) is 0 Å². The molecule has 0 spiro atoms. The summed E-state index contributed by atoms with van der Waals surface area (Å²) >= 11 is 0. The van der Waals surface area contributed by atoms with Crippen LogP contribution in [-0.2, 0) is 4.89 Å². The Balaban J connectivity index is 1.47. The Morgan fingerprint density at radius 2 is 1.41 bits per heavy atom. The van der Waals surface area contributed by atoms with Crippen molar-refractivity contribution in [3.8, 4) is 0 Å². The molecule has 0 heterocycles. The number of aryl methyl sites for hydroxylation is 1. The SMILES string of the molecule is Cc1ccc(C2CCC(C3CCC(COO)CC3)CC2)cc1. The van der Waals surface area contributed by atoms with Gasteiger partial charge in [-0.1, -0.05) is 29.8 Å². The van der Waals surface area contributed by atoms with E-state index in [1.165, 1.54) is 56.9 Å². The van der Waals surface area contributed by atoms with E-state index in [1.54, 1.807) is 5.56 Å². The molecule has 0 unspecified atom stereocenters. The number of benzene rings is 1. The van der Waals surface area contributed by atoms with Gasteiger partial charge in [-0.25, -0.2) is 4.89 Å². The second-order valence-corrected chi connectivity index (χ2v) is 7.60. The van der Waals surface area contributed by atoms with Crippen LogP contribution in [0.3, 0.4) is 0 Å². The van der Waals surface area contributed by atoms with Crippen LogP contribution in [0.1, 0.15) is 68.4 Å². The Kier molecular flexibility index (Phi) is 5.54. The zero-order valence-corrected chi connectivity index (χ0v) is 13.8. The molecule has 2 saturated carbocycles. The molecule has 2 fully saturated rings. The minimum Gasteiger partial charge on any atom is -0.252 e. The van der Waals surface area contributed by atoms with Gasteiger partial charge in [-0.2, -0.15) is 0 Å². The predicted molar refractivity (Wildman–Crippen MR) is 89.9 cm³/mol. The third-order valence-corrected chi connectivity index (χ3v) is 6.19. The third-order valence-electron chi connectivity index (χ3n) is 6.19. The lowest BCUT2D eigenvalue weighted by atomic mass is 9.68. The van der Waals surface area contributed by atoms with Crippen molar-refractivity contribution in [2.75, 3.05) is 6.61 Å². The lowest BCUT2D eigenvalue weighted by molar-refractivity contribution is -0.252. The van der Waals surface area contributed by atoms with Gasteiger partial charge in [-0.15, -0.1) is 0 Å². The smallest absolute Gasteiger partial charge is 0.0847 e. The highest BCUT2D eigenvalue weighted by Crippen LogP contribution is 2.43. The molecule has 0 saturated heterocycles. The molecule has 0 bridgehead atoms. The first kappa shape index (κ1) is 16.0. The molecule has 1 aromatic carbocycles. The van der Waals surface area contributed by atoms with Crippen molar-refractivity contribution in [3.05, 3.63) is 35.4 Å². The van der Waals surface area contributed by atoms with E-state index in [9.17, 15) is 0 Å². The molecule has 2 nitrogen and oxygen atoms in total. The number of rotatable bonds is 4. The quantitative estimate of drug-likeness (QED) is 0.582. The maximum absolute atomic E-state index is 8.59. The van der Waals surface area contributed by atoms with Gasteiger partial charge < -0.3 is 0 Å². The van der Waals surface area contributed by atoms with Gasteiger partial charge in [0.1, 0.15) is 0 Å². The highest BCUT2D eigenvalue weighted by molar-refractivity contribution is 5.24. The molecule has 0 radical (unpaired) electrons. The zero-order valence-electron chi connectivity index (χ0n) is 13.8. The van der Waals surface area contributed by atoms with Crippen LogP contribution in [0.4, 0.5) is 0 Å². The Bertz CT molecular complexity index is 437. The molecule has 0 atom stereocenters. The molecular weight excluding hydrogens is 272 g/mol. The first-order valence-corrected chi connectivity index (χ1v) is 9.09. The Hall–Kier alpha value is -0.860. The third kappa shape index (κ3) is 3.91. The topological polar surface area (TPSA) is 29.5 Å². The second kappa shape index (κ2) is 7.61. The molecule has 0 aliphatic heterocycles. The molecule has 122 valence electrons. The summed E-state index contributed by atoms with van der Waals surface area (Å²) in [6.07, 6.45) is 10.7. The van der Waals surface area contributed by atoms with Gasteiger partial charge in [0.15, 0.2) is 0 Å². The molecule has 2 aliphatic rings. The largest absolute Gasteiger partial charge is 0.252 e. The summed E-state index contributed by atoms with van der Waals surface area (Å²) in [5.41, 5.74) is 2.91. The summed E-state index contributed by atoms with van der Waals surface area (Å²) in [6.45, 7) is 2.70. The van der Waals surface area contributed by atoms with Gasteiger partial charge in [-0.3, -0.25) is 5.26 Å². The van der Waals surface area contributed by atoms with Crippen molar-refractivity contribution < 1.29 is 10.1 Å². The fraction of sp³-hybridized carbons (Fsp3) is 0.700. The lowest BCUT2D eigenvalue weighted by Crippen LogP contribution is -2.26. The van der Waals surface area contributed by atoms with E-state index in [0.29, 0.717) is 12.5 Å². The molecule has 1 aromatic rings. The van der Waals surface area contributed by atoms with E-state index in [0.717, 1.165) is 17.8 Å². The average molecular weight is 302 g/mol. The van der Waals surface area contributed by atoms with Gasteiger partial charge >= 0.3 is 0 Å². The maximum atomic E-state index is 8.59. The van der Waals surface area contributed by atoms with Gasteiger partial charge in [-0.05, 0) is 87.5 Å². The number of hydrogen-bond donors (Lipinski definition) is 1. The van der Waals surface area contributed by atoms with Crippen molar-refractivity contribution in [2.45, 2.75) is 64.2 Å². The van der Waals surface area contributed by atoms with E-state index in [4.69, 9.17) is 5.26 Å². The number of hydrogen-bond acceptors (Lipinski definition) is 2. The standard InChI is InChI=1S/C20H30O2/c1-15-2-6-17(7-3-15)19-10-12-20(13-11-19)18-8-4-16(5-9-18)14-22-21/h2-3,6-7,16,18-21H,4-5,8-14H2,1H3. The molecule has 1 N–H and O–H groups in total. The van der Waals surface area contributed by atoms with Gasteiger partial charge in [0.05, 0.1) is 6.61 Å². The van der Waals surface area contributed by atoms with Crippen LogP contribution in [0.15, 0.2) is 24.3 Å². The Morgan fingerprint density at radius 1 is 0.864 bits per heavy atom. The first-order valence-electron chi connectivity index (χ1n) is 9.09. The van der Waals surface area contributed by atoms with Crippen molar-refractivity contribution in [3.63, 3.8) is 0 Å². The summed E-state index contributed by atoms with van der Waals surface area (Å²) in [4.78, 5) is 4.33. The fourth-order valence-corrected chi connectivity index (χ4v) is 4.69. The maximum Gasteiger partial charge on any atom is 0.0847 e. The van der Waals surface area contributed by atoms with Crippen molar-refractivity contribution in [1.29, 1.82) is 0 Å². The highest BCUT2D eigenvalue weighted by Gasteiger charge is 2.31. The van der Waals surface area contributed by atoms with E-state index in [1.807, 2.05) is 0 Å². The molecule has 2 aliphatic carbocycles. The van der Waals surface area contributed by atoms with E-state index in [2.05, 4.69) is 36.1 Å². The van der Waals surface area contributed by atoms with Crippen LogP contribution in [0.25, 0.3) is 0 Å². The summed E-state index contributed by atoms with van der Waals surface area (Å²) in [6, 6.07) is 9.18. The summed E-state index contributed by atoms with van der Waals surface area (Å²) in [5.74, 6) is 3.24. The Labute approximate surface area is 134 Å². The second-order valence-electron chi connectivity index (χ2n) is 7.60. The molecule has 2 heteroatoms. The molecular formula is C20H30O2. The Morgan fingerprint density at radius 3 is 1.95 bits per heavy atom. The first-order chi connectivity index (χ1) is 10.8. The van der Waals surface area contributed by atoms with Gasteiger partial charge in [0.2, 0.25) is 0 Å².